The van der Waals surface area contributed by atoms with E-state index in [1.807, 2.05) is 0 Å². The van der Waals surface area contributed by atoms with Crippen molar-refractivity contribution in [2.24, 2.45) is 0 Å². The Morgan fingerprint density at radius 1 is 0.571 bits per heavy atom. The van der Waals surface area contributed by atoms with Crippen LogP contribution in [0.15, 0.2) is 24.3 Å². The molecule has 0 radical (unpaired) electrons. The third-order valence-corrected chi connectivity index (χ3v) is 17.9. The summed E-state index contributed by atoms with van der Waals surface area (Å²) in [6.07, 6.45) is 18.8. The molecule has 3 aliphatic heterocycles. The van der Waals surface area contributed by atoms with Crippen molar-refractivity contribution >= 4 is 17.8 Å². The highest BCUT2D eigenvalue weighted by molar-refractivity contribution is 5.77. The average molecular weight is 1310 g/mol. The molecule has 14 N–H and O–H groups in total. The van der Waals surface area contributed by atoms with Crippen molar-refractivity contribution in [1.29, 1.82) is 0 Å². The summed E-state index contributed by atoms with van der Waals surface area (Å²) in [5, 5.41) is 136. The molecule has 3 rings (SSSR count). The predicted octanol–water partition coefficient (Wildman–Crippen LogP) is 6.45. The van der Waals surface area contributed by atoms with E-state index in [9.17, 15) is 75.7 Å². The number of unbranched alkanes of at least 4 members (excludes halogenated alkanes) is 30. The van der Waals surface area contributed by atoms with Gasteiger partial charge in [0.2, 0.25) is 11.8 Å². The number of carbonyl (C=O) groups excluding carboxylic acids is 2. The molecule has 0 spiro atoms. The zero-order valence-corrected chi connectivity index (χ0v) is 55.4. The van der Waals surface area contributed by atoms with Crippen LogP contribution < -0.4 is 10.6 Å². The number of aliphatic hydroxyl groups excluding tert-OH is 11. The van der Waals surface area contributed by atoms with Crippen molar-refractivity contribution in [3.63, 3.8) is 0 Å². The molecule has 3 aliphatic rings. The second-order valence-corrected chi connectivity index (χ2v) is 25.8. The van der Waals surface area contributed by atoms with Crippen LogP contribution in [0.1, 0.15) is 252 Å². The Bertz CT molecular complexity index is 1940. The highest BCUT2D eigenvalue weighted by Gasteiger charge is 2.60. The Labute approximate surface area is 543 Å². The monoisotopic (exact) mass is 1300 g/mol. The van der Waals surface area contributed by atoms with Crippen molar-refractivity contribution in [1.82, 2.24) is 10.6 Å². The Morgan fingerprint density at radius 3 is 1.54 bits per heavy atom. The topological polar surface area (TPSA) is 373 Å². The van der Waals surface area contributed by atoms with Gasteiger partial charge in [0.15, 0.2) is 12.6 Å². The van der Waals surface area contributed by atoms with Gasteiger partial charge in [-0.15, -0.1) is 0 Å². The molecule has 18 unspecified atom stereocenters. The minimum atomic E-state index is -3.08. The van der Waals surface area contributed by atoms with Crippen LogP contribution >= 0.6 is 0 Å². The van der Waals surface area contributed by atoms with Crippen LogP contribution in [0.5, 0.6) is 0 Å². The number of amides is 2. The van der Waals surface area contributed by atoms with Gasteiger partial charge in [0.05, 0.1) is 50.7 Å². The van der Waals surface area contributed by atoms with E-state index in [4.69, 9.17) is 28.4 Å². The van der Waals surface area contributed by atoms with Crippen LogP contribution in [0.4, 0.5) is 0 Å². The molecule has 532 valence electrons. The maximum atomic E-state index is 13.5. The summed E-state index contributed by atoms with van der Waals surface area (Å²) in [5.41, 5.74) is 0. The molecule has 18 atom stereocenters. The number of carboxylic acid groups (broad SMARTS) is 1. The lowest BCUT2D eigenvalue weighted by Gasteiger charge is -2.50. The van der Waals surface area contributed by atoms with E-state index in [-0.39, 0.29) is 18.9 Å². The molecular formula is C68H124N2O21. The molecule has 0 aliphatic carbocycles. The summed E-state index contributed by atoms with van der Waals surface area (Å²) in [7, 11) is 0. The number of hydrogen-bond donors (Lipinski definition) is 14. The Balaban J connectivity index is 1.59. The molecule has 23 heteroatoms. The summed E-state index contributed by atoms with van der Waals surface area (Å²) in [4.78, 5) is 38.6. The van der Waals surface area contributed by atoms with E-state index in [1.54, 1.807) is 0 Å². The van der Waals surface area contributed by atoms with E-state index in [2.05, 4.69) is 48.8 Å². The number of ether oxygens (including phenoxy) is 6. The predicted molar refractivity (Wildman–Crippen MR) is 343 cm³/mol. The van der Waals surface area contributed by atoms with Crippen molar-refractivity contribution in [3.05, 3.63) is 24.3 Å². The van der Waals surface area contributed by atoms with Crippen LogP contribution in [-0.2, 0) is 42.8 Å². The number of rotatable bonds is 53. The van der Waals surface area contributed by atoms with Gasteiger partial charge < -0.3 is 100 Å². The van der Waals surface area contributed by atoms with Gasteiger partial charge in [-0.05, 0) is 38.5 Å². The maximum Gasteiger partial charge on any atom is 0.364 e. The number of aliphatic carboxylic acids is 1. The van der Waals surface area contributed by atoms with E-state index < -0.39 is 148 Å². The van der Waals surface area contributed by atoms with Gasteiger partial charge in [-0.1, -0.05) is 218 Å². The second-order valence-electron chi connectivity index (χ2n) is 25.8. The summed E-state index contributed by atoms with van der Waals surface area (Å²) in [5.74, 6) is -6.10. The van der Waals surface area contributed by atoms with Crippen molar-refractivity contribution < 1.29 is 104 Å². The van der Waals surface area contributed by atoms with Crippen molar-refractivity contribution in [2.45, 2.75) is 362 Å². The van der Waals surface area contributed by atoms with Gasteiger partial charge in [-0.25, -0.2) is 4.79 Å². The van der Waals surface area contributed by atoms with Gasteiger partial charge in [-0.3, -0.25) is 9.59 Å². The summed E-state index contributed by atoms with van der Waals surface area (Å²) < 4.78 is 34.9. The number of carboxylic acids is 1. The average Bonchev–Trinajstić information content (AvgIpc) is 0.783. The lowest BCUT2D eigenvalue weighted by molar-refractivity contribution is -0.386. The molecule has 3 saturated heterocycles. The SMILES string of the molecule is CCCCC/C=C\C=C/CCCCCCCCCCCCC(=O)NC(COC1OC(CO)C(OC2OC(CO)C(O)C(OC3(C(=O)O)CC(O)C(NC(C)=O)C(C(O)C(O)CO)O3)C2O)C(O)C1O)C(O)CCCCCCCCCCCCCCCCCCCC. The lowest BCUT2D eigenvalue weighted by atomic mass is 9.88. The fraction of sp³-hybridized carbons (Fsp3) is 0.897. The molecule has 23 nitrogen and oxygen atoms in total. The molecule has 3 heterocycles. The minimum Gasteiger partial charge on any atom is -0.477 e. The van der Waals surface area contributed by atoms with Crippen LogP contribution in [-0.4, -0.2) is 215 Å². The molecule has 3 fully saturated rings. The van der Waals surface area contributed by atoms with Gasteiger partial charge in [0.1, 0.15) is 67.1 Å². The van der Waals surface area contributed by atoms with Gasteiger partial charge >= 0.3 is 5.97 Å². The summed E-state index contributed by atoms with van der Waals surface area (Å²) in [6, 6.07) is -2.53. The van der Waals surface area contributed by atoms with Crippen LogP contribution in [0.25, 0.3) is 0 Å². The lowest BCUT2D eigenvalue weighted by Crippen LogP contribution is -2.70. The van der Waals surface area contributed by atoms with E-state index in [1.165, 1.54) is 135 Å². The molecule has 2 amide bonds. The number of carbonyl (C=O) groups is 3. The largest absolute Gasteiger partial charge is 0.477 e. The first-order valence-electron chi connectivity index (χ1n) is 35.2. The molecule has 0 bridgehead atoms. The Morgan fingerprint density at radius 2 is 1.04 bits per heavy atom. The van der Waals surface area contributed by atoms with Crippen LogP contribution in [0, 0.1) is 0 Å². The standard InChI is InChI=1S/C68H124N2O21/c1-4-6-8-10-12-14-16-18-20-22-24-26-28-30-32-34-36-38-40-42-55(78)70-49(50(75)41-39-37-35-33-31-29-27-25-23-21-19-17-15-13-11-9-7-5-2)47-86-65-60(82)59(81)62(54(46-73)88-65)89-66-61(83)64(58(80)53(45-72)87-66)91-68(67(84)85)43-51(76)56(69-48(3)74)63(90-68)57(79)52(77)44-71/h12,14,16,18,49-54,56-66,71-73,75-77,79-83H,4-11,13,15,17,19-47H2,1-3H3,(H,69,74)(H,70,78)(H,84,85)/b14-12-,18-16-. The van der Waals surface area contributed by atoms with Gasteiger partial charge in [-0.2, -0.15) is 0 Å². The number of hydrogen-bond acceptors (Lipinski definition) is 20. The fourth-order valence-corrected chi connectivity index (χ4v) is 12.3. The molecule has 0 aromatic rings. The zero-order chi connectivity index (χ0) is 66.8. The highest BCUT2D eigenvalue weighted by atomic mass is 16.8. The first-order valence-corrected chi connectivity index (χ1v) is 35.2. The number of nitrogens with one attached hydrogen (secondary N) is 2. The number of aliphatic hydroxyl groups is 11. The Hall–Kier alpha value is -2.79. The zero-order valence-electron chi connectivity index (χ0n) is 55.4. The minimum absolute atomic E-state index is 0.220. The smallest absolute Gasteiger partial charge is 0.364 e. The molecule has 0 aromatic carbocycles. The van der Waals surface area contributed by atoms with E-state index >= 15 is 0 Å². The van der Waals surface area contributed by atoms with Gasteiger partial charge in [0.25, 0.3) is 5.79 Å². The van der Waals surface area contributed by atoms with Crippen LogP contribution in [0.3, 0.4) is 0 Å². The van der Waals surface area contributed by atoms with Crippen molar-refractivity contribution in [3.8, 4) is 0 Å². The highest BCUT2D eigenvalue weighted by Crippen LogP contribution is 2.39. The molecule has 0 saturated carbocycles. The molecule has 91 heavy (non-hydrogen) atoms. The van der Waals surface area contributed by atoms with E-state index in [0.717, 1.165) is 71.1 Å². The maximum absolute atomic E-state index is 13.5. The third-order valence-electron chi connectivity index (χ3n) is 17.9. The first kappa shape index (κ1) is 82.4. The third kappa shape index (κ3) is 31.3. The van der Waals surface area contributed by atoms with Crippen LogP contribution in [0.2, 0.25) is 0 Å². The summed E-state index contributed by atoms with van der Waals surface area (Å²) >= 11 is 0. The Kier molecular flexibility index (Phi) is 44.2. The second kappa shape index (κ2) is 48.8. The fourth-order valence-electron chi connectivity index (χ4n) is 12.3. The number of allylic oxidation sites excluding steroid dienone is 4. The normalized spacial score (nSPS) is 28.5. The first-order chi connectivity index (χ1) is 43.9. The quantitative estimate of drug-likeness (QED) is 0.0230. The van der Waals surface area contributed by atoms with Gasteiger partial charge in [0, 0.05) is 19.8 Å². The van der Waals surface area contributed by atoms with E-state index in [0.29, 0.717) is 19.3 Å². The summed E-state index contributed by atoms with van der Waals surface area (Å²) in [6.45, 7) is 2.18. The molecular weight excluding hydrogens is 1180 g/mol. The van der Waals surface area contributed by atoms with Crippen molar-refractivity contribution in [2.75, 3.05) is 26.4 Å². The molecule has 0 aromatic heterocycles.